The molecule has 4 rings (SSSR count). The predicted octanol–water partition coefficient (Wildman–Crippen LogP) is 5.32. The number of nitrogens with zero attached hydrogens (tertiary/aromatic N) is 2. The van der Waals surface area contributed by atoms with Gasteiger partial charge in [-0.25, -0.2) is 4.99 Å². The number of benzene rings is 2. The molecular formula is C28H29ClF3N3O4. The number of ether oxygens (including phenoxy) is 1. The van der Waals surface area contributed by atoms with E-state index in [1.165, 1.54) is 11.8 Å². The molecule has 2 aromatic rings. The summed E-state index contributed by atoms with van der Waals surface area (Å²) in [5.74, 6) is -3.47. The fourth-order valence-electron chi connectivity index (χ4n) is 5.12. The SMILES string of the molecule is CCC[C@H](C(C)=O)[C@@H](CCC(F)(F)F)C(=O)N[C@H]1N=C(c2cccc(Cl)c2)c2cccc3c2N(CCO3)C1=O. The number of nitrogens with one attached hydrogen (secondary N) is 1. The lowest BCUT2D eigenvalue weighted by Crippen LogP contribution is -2.51. The number of carbonyl (C=O) groups excluding carboxylic acids is 3. The number of halogens is 4. The lowest BCUT2D eigenvalue weighted by atomic mass is 9.82. The highest BCUT2D eigenvalue weighted by Gasteiger charge is 2.40. The maximum atomic E-state index is 13.7. The zero-order chi connectivity index (χ0) is 28.3. The van der Waals surface area contributed by atoms with E-state index < -0.39 is 48.8 Å². The van der Waals surface area contributed by atoms with E-state index in [4.69, 9.17) is 16.3 Å². The van der Waals surface area contributed by atoms with Crippen molar-refractivity contribution in [2.75, 3.05) is 18.1 Å². The molecule has 0 aliphatic carbocycles. The first-order valence-electron chi connectivity index (χ1n) is 12.8. The van der Waals surface area contributed by atoms with Crippen molar-refractivity contribution in [2.45, 2.75) is 51.9 Å². The van der Waals surface area contributed by atoms with Crippen LogP contribution in [0.2, 0.25) is 5.02 Å². The molecule has 2 amide bonds. The van der Waals surface area contributed by atoms with E-state index in [1.54, 1.807) is 49.4 Å². The maximum Gasteiger partial charge on any atom is 0.389 e. The lowest BCUT2D eigenvalue weighted by Gasteiger charge is -2.31. The number of alkyl halides is 3. The fraction of sp³-hybridized carbons (Fsp3) is 0.429. The Kier molecular flexibility index (Phi) is 8.64. The van der Waals surface area contributed by atoms with E-state index in [9.17, 15) is 27.6 Å². The Balaban J connectivity index is 1.76. The molecule has 39 heavy (non-hydrogen) atoms. The summed E-state index contributed by atoms with van der Waals surface area (Å²) in [7, 11) is 0. The molecular weight excluding hydrogens is 535 g/mol. The second-order valence-corrected chi connectivity index (χ2v) is 10.1. The van der Waals surface area contributed by atoms with E-state index in [1.807, 2.05) is 0 Å². The highest BCUT2D eigenvalue weighted by Crippen LogP contribution is 2.39. The number of hydrogen-bond acceptors (Lipinski definition) is 5. The van der Waals surface area contributed by atoms with Gasteiger partial charge in [0.15, 0.2) is 0 Å². The van der Waals surface area contributed by atoms with Crippen molar-refractivity contribution in [1.82, 2.24) is 5.32 Å². The summed E-state index contributed by atoms with van der Waals surface area (Å²) in [6.07, 6.45) is -6.99. The van der Waals surface area contributed by atoms with E-state index in [-0.39, 0.29) is 25.4 Å². The zero-order valence-electron chi connectivity index (χ0n) is 21.6. The van der Waals surface area contributed by atoms with Crippen molar-refractivity contribution >= 4 is 40.6 Å². The van der Waals surface area contributed by atoms with Gasteiger partial charge in [0.1, 0.15) is 18.1 Å². The highest BCUT2D eigenvalue weighted by molar-refractivity contribution is 6.31. The van der Waals surface area contributed by atoms with Crippen molar-refractivity contribution in [3.05, 3.63) is 58.6 Å². The second-order valence-electron chi connectivity index (χ2n) is 9.66. The number of hydrogen-bond donors (Lipinski definition) is 1. The van der Waals surface area contributed by atoms with E-state index in [2.05, 4.69) is 10.3 Å². The summed E-state index contributed by atoms with van der Waals surface area (Å²) in [5.41, 5.74) is 2.02. The molecule has 11 heteroatoms. The molecule has 0 spiro atoms. The van der Waals surface area contributed by atoms with Crippen LogP contribution in [0.4, 0.5) is 18.9 Å². The van der Waals surface area contributed by atoms with Gasteiger partial charge in [-0.15, -0.1) is 0 Å². The Morgan fingerprint density at radius 3 is 2.59 bits per heavy atom. The topological polar surface area (TPSA) is 88.1 Å². The predicted molar refractivity (Wildman–Crippen MR) is 141 cm³/mol. The van der Waals surface area contributed by atoms with E-state index >= 15 is 0 Å². The minimum absolute atomic E-state index is 0.191. The number of ketones is 1. The van der Waals surface area contributed by atoms with Gasteiger partial charge >= 0.3 is 6.18 Å². The third-order valence-corrected chi connectivity index (χ3v) is 7.15. The number of Topliss-reactive ketones (excluding diaryl/α,β-unsaturated/α-hetero) is 1. The Labute approximate surface area is 229 Å². The van der Waals surface area contributed by atoms with Crippen molar-refractivity contribution in [1.29, 1.82) is 0 Å². The normalized spacial score (nSPS) is 18.3. The number of para-hydroxylation sites is 1. The van der Waals surface area contributed by atoms with Gasteiger partial charge in [-0.2, -0.15) is 13.2 Å². The second kappa shape index (κ2) is 11.8. The molecule has 1 N–H and O–H groups in total. The first kappa shape index (κ1) is 28.6. The first-order valence-corrected chi connectivity index (χ1v) is 13.2. The molecule has 0 unspecified atom stereocenters. The number of carbonyl (C=O) groups is 3. The molecule has 0 saturated heterocycles. The van der Waals surface area contributed by atoms with Gasteiger partial charge in [0, 0.05) is 34.4 Å². The lowest BCUT2D eigenvalue weighted by molar-refractivity contribution is -0.146. The van der Waals surface area contributed by atoms with Crippen LogP contribution >= 0.6 is 11.6 Å². The molecule has 0 bridgehead atoms. The number of rotatable bonds is 9. The summed E-state index contributed by atoms with van der Waals surface area (Å²) in [6.45, 7) is 3.47. The Morgan fingerprint density at radius 1 is 1.18 bits per heavy atom. The van der Waals surface area contributed by atoms with Crippen LogP contribution < -0.4 is 15.0 Å². The van der Waals surface area contributed by atoms with Crippen molar-refractivity contribution < 1.29 is 32.3 Å². The van der Waals surface area contributed by atoms with Crippen molar-refractivity contribution in [2.24, 2.45) is 16.8 Å². The Hall–Kier alpha value is -3.40. The average molecular weight is 564 g/mol. The molecule has 0 aromatic heterocycles. The van der Waals surface area contributed by atoms with Gasteiger partial charge in [0.25, 0.3) is 5.91 Å². The minimum atomic E-state index is -4.51. The summed E-state index contributed by atoms with van der Waals surface area (Å²) in [6, 6.07) is 12.1. The van der Waals surface area contributed by atoms with Crippen LogP contribution in [0.25, 0.3) is 0 Å². The third-order valence-electron chi connectivity index (χ3n) is 6.91. The quantitative estimate of drug-likeness (QED) is 0.447. The standard InChI is InChI=1S/C28H29ClF3N3O4/c1-3-6-19(16(2)36)20(11-12-28(30,31)32)26(37)34-25-27(38)35-13-14-39-22-10-5-9-21(24(22)35)23(33-25)17-7-4-8-18(29)15-17/h4-5,7-10,15,19-20,25H,3,6,11-14H2,1-2H3,(H,34,37)/t19-,20-,25-/m1/s1. The van der Waals surface area contributed by atoms with Crippen LogP contribution in [0.1, 0.15) is 50.7 Å². The largest absolute Gasteiger partial charge is 0.490 e. The number of amides is 2. The number of aliphatic imine (C=N–C) groups is 1. The van der Waals surface area contributed by atoms with Gasteiger partial charge < -0.3 is 15.0 Å². The zero-order valence-corrected chi connectivity index (χ0v) is 22.3. The average Bonchev–Trinajstić information content (AvgIpc) is 2.99. The molecule has 0 saturated carbocycles. The van der Waals surface area contributed by atoms with Crippen LogP contribution in [-0.4, -0.2) is 48.8 Å². The van der Waals surface area contributed by atoms with Crippen LogP contribution in [0.15, 0.2) is 47.5 Å². The van der Waals surface area contributed by atoms with Gasteiger partial charge in [0.05, 0.1) is 17.9 Å². The fourth-order valence-corrected chi connectivity index (χ4v) is 5.31. The maximum absolute atomic E-state index is 13.7. The summed E-state index contributed by atoms with van der Waals surface area (Å²) >= 11 is 6.24. The van der Waals surface area contributed by atoms with Crippen LogP contribution in [0, 0.1) is 11.8 Å². The van der Waals surface area contributed by atoms with Gasteiger partial charge in [-0.1, -0.05) is 49.2 Å². The molecule has 2 aliphatic heterocycles. The van der Waals surface area contributed by atoms with Crippen LogP contribution in [-0.2, 0) is 14.4 Å². The first-order chi connectivity index (χ1) is 18.5. The summed E-state index contributed by atoms with van der Waals surface area (Å²) in [4.78, 5) is 45.8. The van der Waals surface area contributed by atoms with Gasteiger partial charge in [0.2, 0.25) is 12.1 Å². The van der Waals surface area contributed by atoms with Crippen LogP contribution in [0.3, 0.4) is 0 Å². The van der Waals surface area contributed by atoms with Gasteiger partial charge in [-0.3, -0.25) is 14.4 Å². The van der Waals surface area contributed by atoms with Crippen LogP contribution in [0.5, 0.6) is 5.75 Å². The summed E-state index contributed by atoms with van der Waals surface area (Å²) < 4.78 is 45.2. The van der Waals surface area contributed by atoms with Gasteiger partial charge in [-0.05, 0) is 38.0 Å². The van der Waals surface area contributed by atoms with Crippen molar-refractivity contribution in [3.8, 4) is 5.75 Å². The molecule has 7 nitrogen and oxygen atoms in total. The molecule has 2 heterocycles. The molecule has 0 radical (unpaired) electrons. The van der Waals surface area contributed by atoms with E-state index in [0.717, 1.165) is 0 Å². The Bertz CT molecular complexity index is 1300. The highest BCUT2D eigenvalue weighted by atomic mass is 35.5. The third kappa shape index (κ3) is 6.43. The number of anilines is 1. The van der Waals surface area contributed by atoms with Crippen molar-refractivity contribution in [3.63, 3.8) is 0 Å². The monoisotopic (exact) mass is 563 g/mol. The molecule has 3 atom stereocenters. The smallest absolute Gasteiger partial charge is 0.389 e. The summed E-state index contributed by atoms with van der Waals surface area (Å²) in [5, 5.41) is 3.02. The minimum Gasteiger partial charge on any atom is -0.490 e. The van der Waals surface area contributed by atoms with E-state index in [0.29, 0.717) is 39.7 Å². The Morgan fingerprint density at radius 2 is 1.92 bits per heavy atom. The molecule has 2 aromatic carbocycles. The molecule has 208 valence electrons. The molecule has 0 fully saturated rings. The molecule has 2 aliphatic rings.